The summed E-state index contributed by atoms with van der Waals surface area (Å²) in [6, 6.07) is 3.86. The molecular weight excluding hydrogens is 539 g/mol. The van der Waals surface area contributed by atoms with Gasteiger partial charge in [-0.15, -0.1) is 35.3 Å². The van der Waals surface area contributed by atoms with Gasteiger partial charge in [0, 0.05) is 24.4 Å². The van der Waals surface area contributed by atoms with E-state index in [4.69, 9.17) is 24.2 Å². The van der Waals surface area contributed by atoms with Crippen LogP contribution in [0.15, 0.2) is 17.1 Å². The molecule has 3 rings (SSSR count). The molecule has 1 aromatic carbocycles. The molecular formula is C23H35IN4O3S. The Morgan fingerprint density at radius 3 is 2.41 bits per heavy atom. The van der Waals surface area contributed by atoms with Crippen LogP contribution in [0.5, 0.6) is 17.2 Å². The van der Waals surface area contributed by atoms with Crippen LogP contribution in [0.3, 0.4) is 0 Å². The van der Waals surface area contributed by atoms with Crippen LogP contribution in [-0.4, -0.2) is 45.4 Å². The normalized spacial score (nSPS) is 13.1. The van der Waals surface area contributed by atoms with Crippen LogP contribution < -0.4 is 24.8 Å². The Kier molecular flexibility index (Phi) is 11.4. The van der Waals surface area contributed by atoms with Crippen molar-refractivity contribution in [1.82, 2.24) is 15.6 Å². The van der Waals surface area contributed by atoms with Crippen molar-refractivity contribution < 1.29 is 14.2 Å². The highest BCUT2D eigenvalue weighted by molar-refractivity contribution is 14.0. The molecule has 1 aliphatic rings. The van der Waals surface area contributed by atoms with E-state index in [0.717, 1.165) is 43.9 Å². The average Bonchev–Trinajstić information content (AvgIpc) is 3.22. The number of aryl methyl sites for hydroxylation is 3. The smallest absolute Gasteiger partial charge is 0.203 e. The van der Waals surface area contributed by atoms with Gasteiger partial charge >= 0.3 is 0 Å². The fourth-order valence-electron chi connectivity index (χ4n) is 3.70. The zero-order valence-electron chi connectivity index (χ0n) is 19.5. The fourth-order valence-corrected chi connectivity index (χ4v) is 4.90. The van der Waals surface area contributed by atoms with Gasteiger partial charge in [0.1, 0.15) is 0 Å². The molecule has 0 spiro atoms. The van der Waals surface area contributed by atoms with Gasteiger partial charge < -0.3 is 24.8 Å². The third-order valence-corrected chi connectivity index (χ3v) is 6.46. The van der Waals surface area contributed by atoms with Gasteiger partial charge in [-0.1, -0.05) is 0 Å². The van der Waals surface area contributed by atoms with Crippen molar-refractivity contribution in [2.75, 3.05) is 34.4 Å². The number of ether oxygens (including phenoxy) is 3. The molecule has 0 saturated carbocycles. The SMILES string of the molecule is CCNC(=NCc1cc(OC)c(OC)c(OC)c1)NCCCc1nc2c(s1)CCCC2.I. The molecule has 0 fully saturated rings. The van der Waals surface area contributed by atoms with Crippen LogP contribution in [0.2, 0.25) is 0 Å². The number of methoxy groups -OCH3 is 3. The second-order valence-electron chi connectivity index (χ2n) is 7.44. The highest BCUT2D eigenvalue weighted by Crippen LogP contribution is 2.38. The van der Waals surface area contributed by atoms with Gasteiger partial charge in [0.25, 0.3) is 0 Å². The second-order valence-corrected chi connectivity index (χ2v) is 8.61. The second kappa shape index (κ2) is 13.7. The lowest BCUT2D eigenvalue weighted by Gasteiger charge is -2.14. The molecule has 1 aromatic heterocycles. The van der Waals surface area contributed by atoms with Crippen molar-refractivity contribution in [3.63, 3.8) is 0 Å². The zero-order chi connectivity index (χ0) is 22.1. The molecule has 2 N–H and O–H groups in total. The Hall–Kier alpha value is -1.75. The fraction of sp³-hybridized carbons (Fsp3) is 0.565. The predicted octanol–water partition coefficient (Wildman–Crippen LogP) is 4.35. The number of benzene rings is 1. The first-order valence-corrected chi connectivity index (χ1v) is 11.8. The third-order valence-electron chi connectivity index (χ3n) is 5.24. The zero-order valence-corrected chi connectivity index (χ0v) is 22.6. The molecule has 0 atom stereocenters. The minimum absolute atomic E-state index is 0. The van der Waals surface area contributed by atoms with Crippen molar-refractivity contribution in [1.29, 1.82) is 0 Å². The van der Waals surface area contributed by atoms with E-state index in [1.807, 2.05) is 23.5 Å². The first-order chi connectivity index (χ1) is 15.2. The maximum absolute atomic E-state index is 5.44. The lowest BCUT2D eigenvalue weighted by Crippen LogP contribution is -2.37. The van der Waals surface area contributed by atoms with Crippen molar-refractivity contribution in [3.8, 4) is 17.2 Å². The summed E-state index contributed by atoms with van der Waals surface area (Å²) in [4.78, 5) is 11.1. The van der Waals surface area contributed by atoms with E-state index < -0.39 is 0 Å². The number of guanidine groups is 1. The summed E-state index contributed by atoms with van der Waals surface area (Å²) in [6.45, 7) is 4.23. The Morgan fingerprint density at radius 1 is 1.06 bits per heavy atom. The van der Waals surface area contributed by atoms with E-state index in [2.05, 4.69) is 17.6 Å². The number of hydrogen-bond acceptors (Lipinski definition) is 6. The number of thiazole rings is 1. The molecule has 2 aromatic rings. The Balaban J connectivity index is 0.00000363. The standard InChI is InChI=1S/C23H34N4O3S.HI/c1-5-24-23(25-12-8-11-21-27-17-9-6-7-10-20(17)31-21)26-15-16-13-18(28-2)22(30-4)19(14-16)29-3;/h13-14H,5-12,15H2,1-4H3,(H2,24,25,26);1H. The van der Waals surface area contributed by atoms with Gasteiger partial charge in [0.2, 0.25) is 5.75 Å². The van der Waals surface area contributed by atoms with Crippen molar-refractivity contribution in [3.05, 3.63) is 33.3 Å². The van der Waals surface area contributed by atoms with Crippen LogP contribution in [0.25, 0.3) is 0 Å². The van der Waals surface area contributed by atoms with E-state index >= 15 is 0 Å². The number of halogens is 1. The molecule has 9 heteroatoms. The quantitative estimate of drug-likeness (QED) is 0.190. The van der Waals surface area contributed by atoms with E-state index in [1.165, 1.54) is 34.8 Å². The van der Waals surface area contributed by atoms with Crippen LogP contribution in [0.1, 0.15) is 47.3 Å². The number of aromatic nitrogens is 1. The first kappa shape index (κ1) is 26.5. The number of aliphatic imine (C=N–C) groups is 1. The van der Waals surface area contributed by atoms with Crippen LogP contribution >= 0.6 is 35.3 Å². The molecule has 0 saturated heterocycles. The van der Waals surface area contributed by atoms with Crippen molar-refractivity contribution >= 4 is 41.3 Å². The maximum atomic E-state index is 5.44. The summed E-state index contributed by atoms with van der Waals surface area (Å²) in [5.74, 6) is 2.66. The molecule has 1 heterocycles. The third kappa shape index (κ3) is 7.13. The number of rotatable bonds is 10. The lowest BCUT2D eigenvalue weighted by atomic mass is 10.0. The van der Waals surface area contributed by atoms with Gasteiger partial charge in [-0.2, -0.15) is 0 Å². The number of nitrogens with zero attached hydrogens (tertiary/aromatic N) is 2. The van der Waals surface area contributed by atoms with E-state index in [9.17, 15) is 0 Å². The monoisotopic (exact) mass is 574 g/mol. The van der Waals surface area contributed by atoms with Gasteiger partial charge in [-0.3, -0.25) is 0 Å². The van der Waals surface area contributed by atoms with Gasteiger partial charge in [0.15, 0.2) is 17.5 Å². The first-order valence-electron chi connectivity index (χ1n) is 11.0. The van der Waals surface area contributed by atoms with Crippen LogP contribution in [0.4, 0.5) is 0 Å². The van der Waals surface area contributed by atoms with Gasteiger partial charge in [-0.05, 0) is 56.7 Å². The Labute approximate surface area is 212 Å². The summed E-state index contributed by atoms with van der Waals surface area (Å²) in [6.07, 6.45) is 7.00. The molecule has 1 aliphatic carbocycles. The molecule has 0 aliphatic heterocycles. The Morgan fingerprint density at radius 2 is 1.78 bits per heavy atom. The van der Waals surface area contributed by atoms with E-state index in [1.54, 1.807) is 21.3 Å². The summed E-state index contributed by atoms with van der Waals surface area (Å²) >= 11 is 1.90. The summed E-state index contributed by atoms with van der Waals surface area (Å²) in [5, 5.41) is 8.01. The molecule has 178 valence electrons. The number of nitrogens with one attached hydrogen (secondary N) is 2. The molecule has 0 radical (unpaired) electrons. The molecule has 32 heavy (non-hydrogen) atoms. The largest absolute Gasteiger partial charge is 0.493 e. The van der Waals surface area contributed by atoms with Crippen LogP contribution in [-0.2, 0) is 25.8 Å². The minimum Gasteiger partial charge on any atom is -0.493 e. The maximum Gasteiger partial charge on any atom is 0.203 e. The van der Waals surface area contributed by atoms with Crippen molar-refractivity contribution in [2.24, 2.45) is 4.99 Å². The average molecular weight is 575 g/mol. The van der Waals surface area contributed by atoms with Crippen molar-refractivity contribution in [2.45, 2.75) is 52.0 Å². The predicted molar refractivity (Wildman–Crippen MR) is 141 cm³/mol. The van der Waals surface area contributed by atoms with Gasteiger partial charge in [0.05, 0.1) is 38.6 Å². The summed E-state index contributed by atoms with van der Waals surface area (Å²) in [7, 11) is 4.84. The Bertz CT molecular complexity index is 840. The summed E-state index contributed by atoms with van der Waals surface area (Å²) < 4.78 is 16.3. The number of hydrogen-bond donors (Lipinski definition) is 2. The topological polar surface area (TPSA) is 77.0 Å². The van der Waals surface area contributed by atoms with Crippen LogP contribution in [0, 0.1) is 0 Å². The highest BCUT2D eigenvalue weighted by atomic mass is 127. The molecule has 0 unspecified atom stereocenters. The molecule has 0 bridgehead atoms. The van der Waals surface area contributed by atoms with Gasteiger partial charge in [-0.25, -0.2) is 9.98 Å². The lowest BCUT2D eigenvalue weighted by molar-refractivity contribution is 0.324. The molecule has 7 nitrogen and oxygen atoms in total. The number of fused-ring (bicyclic) bond motifs is 1. The van der Waals surface area contributed by atoms with E-state index in [0.29, 0.717) is 23.8 Å². The highest BCUT2D eigenvalue weighted by Gasteiger charge is 2.15. The summed E-state index contributed by atoms with van der Waals surface area (Å²) in [5.41, 5.74) is 2.33. The molecule has 0 amide bonds. The minimum atomic E-state index is 0. The van der Waals surface area contributed by atoms with E-state index in [-0.39, 0.29) is 24.0 Å².